The van der Waals surface area contributed by atoms with Crippen LogP contribution in [0, 0.1) is 13.8 Å². The van der Waals surface area contributed by atoms with Crippen LogP contribution in [0.4, 0.5) is 0 Å². The maximum atomic E-state index is 12.2. The van der Waals surface area contributed by atoms with Crippen molar-refractivity contribution in [2.75, 3.05) is 6.54 Å². The molecule has 3 rings (SSSR count). The van der Waals surface area contributed by atoms with E-state index >= 15 is 0 Å². The van der Waals surface area contributed by atoms with Gasteiger partial charge in [0.1, 0.15) is 5.65 Å². The molecule has 7 nitrogen and oxygen atoms in total. The smallest absolute Gasteiger partial charge is 0.258 e. The van der Waals surface area contributed by atoms with Crippen molar-refractivity contribution in [3.8, 4) is 0 Å². The molecule has 0 N–H and O–H groups in total. The van der Waals surface area contributed by atoms with Gasteiger partial charge in [-0.15, -0.1) is 0 Å². The van der Waals surface area contributed by atoms with Gasteiger partial charge in [-0.25, -0.2) is 4.98 Å². The van der Waals surface area contributed by atoms with Gasteiger partial charge in [-0.2, -0.15) is 4.98 Å². The minimum Gasteiger partial charge on any atom is -0.340 e. The third-order valence-electron chi connectivity index (χ3n) is 3.64. The van der Waals surface area contributed by atoms with Crippen LogP contribution in [-0.4, -0.2) is 31.0 Å². The van der Waals surface area contributed by atoms with Crippen molar-refractivity contribution in [3.05, 3.63) is 57.7 Å². The number of rotatable bonds is 5. The number of fused-ring (bicyclic) bond motifs is 1. The summed E-state index contributed by atoms with van der Waals surface area (Å²) in [5.74, 6) is 1.19. The van der Waals surface area contributed by atoms with Crippen molar-refractivity contribution < 1.29 is 4.52 Å². The quantitative estimate of drug-likeness (QED) is 0.714. The van der Waals surface area contributed by atoms with E-state index in [9.17, 15) is 4.79 Å². The third kappa shape index (κ3) is 3.45. The largest absolute Gasteiger partial charge is 0.340 e. The molecule has 23 heavy (non-hydrogen) atoms. The van der Waals surface area contributed by atoms with Crippen LogP contribution in [0.5, 0.6) is 0 Å². The van der Waals surface area contributed by atoms with E-state index in [1.807, 2.05) is 26.0 Å². The van der Waals surface area contributed by atoms with Crippen molar-refractivity contribution in [1.82, 2.24) is 24.4 Å². The van der Waals surface area contributed by atoms with Crippen LogP contribution in [0.15, 0.2) is 33.7 Å². The molecule has 0 unspecified atom stereocenters. The summed E-state index contributed by atoms with van der Waals surface area (Å²) in [5.41, 5.74) is 2.40. The standard InChI is InChI=1S/C16H19N5O2/c1-4-20(10-14-17-12(3)23-19-14)9-13-8-16(22)21-6-5-11(2)7-15(21)18-13/h5-8H,4,9-10H2,1-3H3. The molecule has 0 aliphatic rings. The Kier molecular flexibility index (Phi) is 4.20. The molecule has 0 aliphatic heterocycles. The highest BCUT2D eigenvalue weighted by atomic mass is 16.5. The van der Waals surface area contributed by atoms with E-state index in [2.05, 4.69) is 20.0 Å². The van der Waals surface area contributed by atoms with Crippen molar-refractivity contribution in [2.45, 2.75) is 33.9 Å². The predicted octanol–water partition coefficient (Wildman–Crippen LogP) is 1.72. The van der Waals surface area contributed by atoms with E-state index in [0.29, 0.717) is 30.5 Å². The Balaban J connectivity index is 1.85. The summed E-state index contributed by atoms with van der Waals surface area (Å²) in [6, 6.07) is 5.38. The minimum absolute atomic E-state index is 0.0727. The molecule has 0 saturated carbocycles. The summed E-state index contributed by atoms with van der Waals surface area (Å²) < 4.78 is 6.54. The normalized spacial score (nSPS) is 11.5. The molecule has 0 bridgehead atoms. The topological polar surface area (TPSA) is 76.5 Å². The van der Waals surface area contributed by atoms with Gasteiger partial charge < -0.3 is 4.52 Å². The van der Waals surface area contributed by atoms with Gasteiger partial charge in [-0.3, -0.25) is 14.1 Å². The van der Waals surface area contributed by atoms with Gasteiger partial charge in [0.2, 0.25) is 5.89 Å². The Bertz CT molecular complexity index is 884. The van der Waals surface area contributed by atoms with Gasteiger partial charge in [-0.05, 0) is 31.2 Å². The summed E-state index contributed by atoms with van der Waals surface area (Å²) in [5, 5.41) is 3.91. The lowest BCUT2D eigenvalue weighted by molar-refractivity contribution is 0.256. The zero-order valence-corrected chi connectivity index (χ0v) is 13.5. The maximum absolute atomic E-state index is 12.2. The zero-order valence-electron chi connectivity index (χ0n) is 13.5. The number of aromatic nitrogens is 4. The molecule has 0 spiro atoms. The number of pyridine rings is 1. The zero-order chi connectivity index (χ0) is 16.4. The van der Waals surface area contributed by atoms with E-state index in [4.69, 9.17) is 4.52 Å². The van der Waals surface area contributed by atoms with Gasteiger partial charge in [0.25, 0.3) is 5.56 Å². The van der Waals surface area contributed by atoms with Crippen LogP contribution >= 0.6 is 0 Å². The van der Waals surface area contributed by atoms with Gasteiger partial charge in [0, 0.05) is 25.7 Å². The molecule has 120 valence electrons. The molecular weight excluding hydrogens is 294 g/mol. The molecule has 0 amide bonds. The van der Waals surface area contributed by atoms with Gasteiger partial charge in [0.05, 0.1) is 12.2 Å². The lowest BCUT2D eigenvalue weighted by atomic mass is 10.3. The van der Waals surface area contributed by atoms with Crippen molar-refractivity contribution in [2.24, 2.45) is 0 Å². The number of nitrogens with zero attached hydrogens (tertiary/aromatic N) is 5. The number of hydrogen-bond acceptors (Lipinski definition) is 6. The fraction of sp³-hybridized carbons (Fsp3) is 0.375. The van der Waals surface area contributed by atoms with Crippen molar-refractivity contribution in [1.29, 1.82) is 0 Å². The van der Waals surface area contributed by atoms with E-state index in [1.165, 1.54) is 0 Å². The average Bonchev–Trinajstić information content (AvgIpc) is 2.91. The Morgan fingerprint density at radius 2 is 2.04 bits per heavy atom. The minimum atomic E-state index is -0.0727. The first-order valence-electron chi connectivity index (χ1n) is 7.55. The summed E-state index contributed by atoms with van der Waals surface area (Å²) in [6.45, 7) is 7.70. The van der Waals surface area contributed by atoms with Gasteiger partial charge in [0.15, 0.2) is 5.82 Å². The van der Waals surface area contributed by atoms with Crippen LogP contribution in [-0.2, 0) is 13.1 Å². The second kappa shape index (κ2) is 6.29. The highest BCUT2D eigenvalue weighted by Crippen LogP contribution is 2.08. The summed E-state index contributed by atoms with van der Waals surface area (Å²) >= 11 is 0. The van der Waals surface area contributed by atoms with Gasteiger partial charge >= 0.3 is 0 Å². The Morgan fingerprint density at radius 1 is 1.22 bits per heavy atom. The Morgan fingerprint density at radius 3 is 2.74 bits per heavy atom. The molecular formula is C16H19N5O2. The molecule has 0 saturated heterocycles. The maximum Gasteiger partial charge on any atom is 0.258 e. The van der Waals surface area contributed by atoms with Gasteiger partial charge in [-0.1, -0.05) is 12.1 Å². The fourth-order valence-corrected chi connectivity index (χ4v) is 2.45. The van der Waals surface area contributed by atoms with Crippen LogP contribution in [0.25, 0.3) is 5.65 Å². The Labute approximate surface area is 133 Å². The number of aryl methyl sites for hydroxylation is 2. The molecule has 0 radical (unpaired) electrons. The number of hydrogen-bond donors (Lipinski definition) is 0. The van der Waals surface area contributed by atoms with Crippen LogP contribution in [0.2, 0.25) is 0 Å². The van der Waals surface area contributed by atoms with E-state index in [-0.39, 0.29) is 5.56 Å². The van der Waals surface area contributed by atoms with Crippen LogP contribution < -0.4 is 5.56 Å². The lowest BCUT2D eigenvalue weighted by Gasteiger charge is -2.18. The Hall–Kier alpha value is -2.54. The molecule has 0 aromatic carbocycles. The highest BCUT2D eigenvalue weighted by molar-refractivity contribution is 5.41. The molecule has 3 heterocycles. The van der Waals surface area contributed by atoms with Crippen molar-refractivity contribution >= 4 is 5.65 Å². The van der Waals surface area contributed by atoms with E-state index in [1.54, 1.807) is 23.6 Å². The predicted molar refractivity (Wildman–Crippen MR) is 85.0 cm³/mol. The van der Waals surface area contributed by atoms with E-state index < -0.39 is 0 Å². The monoisotopic (exact) mass is 313 g/mol. The lowest BCUT2D eigenvalue weighted by Crippen LogP contribution is -2.25. The fourth-order valence-electron chi connectivity index (χ4n) is 2.45. The van der Waals surface area contributed by atoms with Crippen LogP contribution in [0.3, 0.4) is 0 Å². The molecule has 3 aromatic heterocycles. The second-order valence-electron chi connectivity index (χ2n) is 5.55. The third-order valence-corrected chi connectivity index (χ3v) is 3.64. The summed E-state index contributed by atoms with van der Waals surface area (Å²) in [7, 11) is 0. The molecule has 7 heteroatoms. The highest BCUT2D eigenvalue weighted by Gasteiger charge is 2.11. The summed E-state index contributed by atoms with van der Waals surface area (Å²) in [4.78, 5) is 23.1. The van der Waals surface area contributed by atoms with E-state index in [0.717, 1.165) is 17.8 Å². The first-order valence-corrected chi connectivity index (χ1v) is 7.55. The molecule has 0 atom stereocenters. The van der Waals surface area contributed by atoms with Crippen molar-refractivity contribution in [3.63, 3.8) is 0 Å². The SMILES string of the molecule is CCN(Cc1cc(=O)n2ccc(C)cc2n1)Cc1noc(C)n1. The van der Waals surface area contributed by atoms with Crippen LogP contribution in [0.1, 0.15) is 29.9 Å². The molecule has 0 aliphatic carbocycles. The second-order valence-corrected chi connectivity index (χ2v) is 5.55. The first kappa shape index (κ1) is 15.4. The molecule has 3 aromatic rings. The average molecular weight is 313 g/mol. The summed E-state index contributed by atoms with van der Waals surface area (Å²) in [6.07, 6.45) is 1.75. The first-order chi connectivity index (χ1) is 11.0. The molecule has 0 fully saturated rings.